The van der Waals surface area contributed by atoms with E-state index in [0.717, 1.165) is 35.8 Å². The first kappa shape index (κ1) is 28.7. The van der Waals surface area contributed by atoms with Crippen LogP contribution in [0.25, 0.3) is 5.57 Å². The lowest BCUT2D eigenvalue weighted by Gasteiger charge is -2.26. The van der Waals surface area contributed by atoms with E-state index in [0.29, 0.717) is 42.4 Å². The molecule has 0 spiro atoms. The fourth-order valence-electron chi connectivity index (χ4n) is 4.67. The van der Waals surface area contributed by atoms with Crippen molar-refractivity contribution in [1.29, 1.82) is 0 Å². The molecule has 4 rings (SSSR count). The van der Waals surface area contributed by atoms with E-state index in [1.807, 2.05) is 24.3 Å². The van der Waals surface area contributed by atoms with Crippen LogP contribution in [0.2, 0.25) is 25.7 Å². The highest BCUT2D eigenvalue weighted by molar-refractivity contribution is 6.76. The third-order valence-corrected chi connectivity index (χ3v) is 8.77. The molecule has 2 aromatic carbocycles. The van der Waals surface area contributed by atoms with Crippen molar-refractivity contribution in [3.8, 4) is 17.2 Å². The first-order valence-corrected chi connectivity index (χ1v) is 17.3. The predicted molar refractivity (Wildman–Crippen MR) is 155 cm³/mol. The van der Waals surface area contributed by atoms with Crippen molar-refractivity contribution in [2.45, 2.75) is 57.9 Å². The predicted octanol–water partition coefficient (Wildman–Crippen LogP) is 5.80. The fourth-order valence-corrected chi connectivity index (χ4v) is 5.43. The molecule has 2 heterocycles. The molecule has 0 radical (unpaired) electrons. The average Bonchev–Trinajstić information content (AvgIpc) is 3.35. The summed E-state index contributed by atoms with van der Waals surface area (Å²) in [7, 11) is 1.86. The summed E-state index contributed by atoms with van der Waals surface area (Å²) >= 11 is 0. The molecule has 2 aliphatic heterocycles. The maximum atomic E-state index is 14.1. The molecule has 8 nitrogen and oxygen atoms in total. The number of unbranched alkanes of at least 4 members (excludes halogenated alkanes) is 1. The van der Waals surface area contributed by atoms with Crippen LogP contribution < -0.4 is 19.1 Å². The van der Waals surface area contributed by atoms with Gasteiger partial charge in [0.05, 0.1) is 32.1 Å². The van der Waals surface area contributed by atoms with Gasteiger partial charge in [-0.25, -0.2) is 0 Å². The summed E-state index contributed by atoms with van der Waals surface area (Å²) in [4.78, 5) is 31.2. The van der Waals surface area contributed by atoms with Crippen LogP contribution in [-0.4, -0.2) is 65.0 Å². The van der Waals surface area contributed by atoms with Crippen LogP contribution in [0.4, 0.5) is 5.69 Å². The number of fused-ring (bicyclic) bond motifs is 2. The number of benzene rings is 2. The maximum Gasteiger partial charge on any atom is 0.260 e. The van der Waals surface area contributed by atoms with Gasteiger partial charge in [-0.3, -0.25) is 14.5 Å². The zero-order chi connectivity index (χ0) is 28.2. The van der Waals surface area contributed by atoms with Crippen molar-refractivity contribution >= 4 is 31.1 Å². The van der Waals surface area contributed by atoms with E-state index >= 15 is 0 Å². The Hall–Kier alpha value is -3.30. The second-order valence-electron chi connectivity index (χ2n) is 11.2. The molecule has 1 atom stereocenters. The highest BCUT2D eigenvalue weighted by Crippen LogP contribution is 2.42. The number of anilines is 1. The van der Waals surface area contributed by atoms with Gasteiger partial charge in [-0.05, 0) is 41.8 Å². The molecule has 0 saturated heterocycles. The lowest BCUT2D eigenvalue weighted by Crippen LogP contribution is -2.45. The lowest BCUT2D eigenvalue weighted by atomic mass is 10.0. The van der Waals surface area contributed by atoms with Crippen LogP contribution in [0, 0.1) is 0 Å². The second kappa shape index (κ2) is 12.3. The van der Waals surface area contributed by atoms with Crippen molar-refractivity contribution in [2.24, 2.45) is 0 Å². The number of amides is 2. The van der Waals surface area contributed by atoms with Crippen LogP contribution in [0.3, 0.4) is 0 Å². The zero-order valence-corrected chi connectivity index (χ0v) is 24.9. The summed E-state index contributed by atoms with van der Waals surface area (Å²) in [6.45, 7) is 10.1. The van der Waals surface area contributed by atoms with Gasteiger partial charge in [0.15, 0.2) is 11.5 Å². The van der Waals surface area contributed by atoms with Gasteiger partial charge in [0.1, 0.15) is 18.5 Å². The van der Waals surface area contributed by atoms with E-state index in [-0.39, 0.29) is 18.5 Å². The molecule has 210 valence electrons. The third kappa shape index (κ3) is 6.47. The minimum absolute atomic E-state index is 0.0620. The molecule has 0 bridgehead atoms. The summed E-state index contributed by atoms with van der Waals surface area (Å²) in [5.74, 6) is 1.28. The minimum Gasteiger partial charge on any atom is -0.497 e. The number of carbonyl (C=O) groups is 2. The number of ether oxygens (including phenoxy) is 4. The largest absolute Gasteiger partial charge is 0.497 e. The summed E-state index contributed by atoms with van der Waals surface area (Å²) in [6, 6.07) is 11.4. The maximum absolute atomic E-state index is 14.1. The number of hydrogen-bond acceptors (Lipinski definition) is 6. The summed E-state index contributed by atoms with van der Waals surface area (Å²) < 4.78 is 22.9. The zero-order valence-electron chi connectivity index (χ0n) is 23.9. The van der Waals surface area contributed by atoms with Gasteiger partial charge >= 0.3 is 0 Å². The van der Waals surface area contributed by atoms with Gasteiger partial charge in [-0.1, -0.05) is 45.1 Å². The van der Waals surface area contributed by atoms with Crippen LogP contribution in [0.5, 0.6) is 17.2 Å². The Morgan fingerprint density at radius 1 is 0.974 bits per heavy atom. The van der Waals surface area contributed by atoms with Crippen molar-refractivity contribution in [3.63, 3.8) is 0 Å². The summed E-state index contributed by atoms with van der Waals surface area (Å²) in [5, 5.41) is 0. The Balaban J connectivity index is 1.71. The van der Waals surface area contributed by atoms with Crippen LogP contribution >= 0.6 is 0 Å². The number of nitrogens with zero attached hydrogens (tertiary/aromatic N) is 2. The Kier molecular flexibility index (Phi) is 9.02. The minimum atomic E-state index is -1.31. The molecule has 0 fully saturated rings. The summed E-state index contributed by atoms with van der Waals surface area (Å²) in [6.07, 6.45) is 4.08. The van der Waals surface area contributed by atoms with Gasteiger partial charge in [0, 0.05) is 33.4 Å². The Morgan fingerprint density at radius 3 is 2.36 bits per heavy atom. The van der Waals surface area contributed by atoms with E-state index in [9.17, 15) is 9.59 Å². The molecule has 0 N–H and O–H groups in total. The molecule has 0 unspecified atom stereocenters. The Morgan fingerprint density at radius 2 is 1.72 bits per heavy atom. The number of hydrogen-bond donors (Lipinski definition) is 0. The van der Waals surface area contributed by atoms with Crippen molar-refractivity contribution in [3.05, 3.63) is 53.7 Å². The van der Waals surface area contributed by atoms with E-state index in [1.54, 1.807) is 42.4 Å². The smallest absolute Gasteiger partial charge is 0.260 e. The van der Waals surface area contributed by atoms with Crippen molar-refractivity contribution in [1.82, 2.24) is 4.90 Å². The quantitative estimate of drug-likeness (QED) is 0.245. The topological polar surface area (TPSA) is 77.5 Å². The van der Waals surface area contributed by atoms with Crippen molar-refractivity contribution in [2.75, 3.05) is 39.1 Å². The van der Waals surface area contributed by atoms with Gasteiger partial charge < -0.3 is 23.8 Å². The van der Waals surface area contributed by atoms with E-state index < -0.39 is 14.1 Å². The molecule has 39 heavy (non-hydrogen) atoms. The summed E-state index contributed by atoms with van der Waals surface area (Å²) in [5.41, 5.74) is 2.73. The lowest BCUT2D eigenvalue weighted by molar-refractivity contribution is -0.122. The van der Waals surface area contributed by atoms with Crippen LogP contribution in [0.1, 0.15) is 42.1 Å². The highest BCUT2D eigenvalue weighted by Gasteiger charge is 2.43. The monoisotopic (exact) mass is 552 g/mol. The number of carbonyl (C=O) groups excluding carboxylic acids is 2. The normalized spacial score (nSPS) is 17.0. The molecule has 2 aromatic rings. The molecular weight excluding hydrogens is 512 g/mol. The Bertz CT molecular complexity index is 1220. The molecular formula is C30H40N2O6Si. The van der Waals surface area contributed by atoms with E-state index in [2.05, 4.69) is 26.6 Å². The highest BCUT2D eigenvalue weighted by atomic mass is 28.3. The van der Waals surface area contributed by atoms with Crippen LogP contribution in [0.15, 0.2) is 42.6 Å². The second-order valence-corrected chi connectivity index (χ2v) is 16.8. The van der Waals surface area contributed by atoms with Crippen molar-refractivity contribution < 1.29 is 28.5 Å². The van der Waals surface area contributed by atoms with Gasteiger partial charge in [0.2, 0.25) is 0 Å². The molecule has 0 aliphatic carbocycles. The molecule has 0 saturated carbocycles. The Labute approximate surface area is 232 Å². The first-order valence-electron chi connectivity index (χ1n) is 13.6. The van der Waals surface area contributed by atoms with Gasteiger partial charge in [-0.15, -0.1) is 0 Å². The number of methoxy groups -OCH3 is 2. The molecule has 0 aromatic heterocycles. The first-order chi connectivity index (χ1) is 18.7. The van der Waals surface area contributed by atoms with E-state index in [1.165, 1.54) is 0 Å². The average molecular weight is 553 g/mol. The van der Waals surface area contributed by atoms with Crippen LogP contribution in [-0.2, 0) is 9.53 Å². The molecule has 2 amide bonds. The standard InChI is InChI=1S/C30H40N2O6Si/c1-7-8-13-38-28-18-25-24(17-27(28)36-3)29(33)31-19-22(21-9-11-23(35-2)12-10-21)16-26(31)30(34)32(25)20-37-14-15-39(4,5)6/h9-12,17-19,26H,7-8,13-16,20H2,1-6H3/t26-/m0/s1. The van der Waals surface area contributed by atoms with Gasteiger partial charge in [-0.2, -0.15) is 0 Å². The van der Waals surface area contributed by atoms with E-state index in [4.69, 9.17) is 18.9 Å². The third-order valence-electron chi connectivity index (χ3n) is 7.07. The molecule has 9 heteroatoms. The SMILES string of the molecule is CCCCOc1cc2c(cc1OC)C(=O)N1C=C(c3ccc(OC)cc3)C[C@H]1C(=O)N2COCC[Si](C)(C)C. The van der Waals surface area contributed by atoms with Gasteiger partial charge in [0.25, 0.3) is 11.8 Å². The fraction of sp³-hybridized carbons (Fsp3) is 0.467. The molecule has 2 aliphatic rings. The number of rotatable bonds is 12.